The van der Waals surface area contributed by atoms with Gasteiger partial charge in [-0.1, -0.05) is 6.92 Å². The van der Waals surface area contributed by atoms with Gasteiger partial charge in [0, 0.05) is 12.1 Å². The molecule has 0 aliphatic heterocycles. The minimum atomic E-state index is -0.0298. The molecule has 72 valence electrons. The van der Waals surface area contributed by atoms with E-state index in [1.807, 2.05) is 0 Å². The second kappa shape index (κ2) is 4.80. The Morgan fingerprint density at radius 2 is 2.25 bits per heavy atom. The third kappa shape index (κ3) is 3.09. The van der Waals surface area contributed by atoms with Crippen molar-refractivity contribution in [2.75, 3.05) is 19.7 Å². The Morgan fingerprint density at radius 3 is 2.67 bits per heavy atom. The van der Waals surface area contributed by atoms with Crippen LogP contribution in [0.2, 0.25) is 0 Å². The van der Waals surface area contributed by atoms with Crippen molar-refractivity contribution in [2.45, 2.75) is 38.3 Å². The summed E-state index contributed by atoms with van der Waals surface area (Å²) < 4.78 is 0. The first-order valence-electron chi connectivity index (χ1n) is 4.88. The van der Waals surface area contributed by atoms with Gasteiger partial charge in [-0.05, 0) is 32.4 Å². The number of aliphatic hydroxyl groups is 1. The molecule has 3 nitrogen and oxygen atoms in total. The van der Waals surface area contributed by atoms with E-state index in [1.165, 1.54) is 12.8 Å². The first-order valence-corrected chi connectivity index (χ1v) is 4.88. The van der Waals surface area contributed by atoms with Crippen LogP contribution in [-0.2, 0) is 0 Å². The maximum Gasteiger partial charge on any atom is 0.0583 e. The van der Waals surface area contributed by atoms with Crippen molar-refractivity contribution >= 4 is 0 Å². The molecule has 1 aliphatic carbocycles. The summed E-state index contributed by atoms with van der Waals surface area (Å²) in [5.41, 5.74) is 5.62. The van der Waals surface area contributed by atoms with Gasteiger partial charge in [-0.15, -0.1) is 0 Å². The van der Waals surface area contributed by atoms with E-state index >= 15 is 0 Å². The minimum absolute atomic E-state index is 0.0298. The van der Waals surface area contributed by atoms with Crippen LogP contribution in [0.4, 0.5) is 0 Å². The maximum atomic E-state index is 8.73. The molecular formula is C9H20N2O. The van der Waals surface area contributed by atoms with Crippen molar-refractivity contribution in [3.8, 4) is 0 Å². The van der Waals surface area contributed by atoms with Crippen LogP contribution in [0.3, 0.4) is 0 Å². The number of nitrogens with zero attached hydrogens (tertiary/aromatic N) is 1. The first-order chi connectivity index (χ1) is 5.77. The summed E-state index contributed by atoms with van der Waals surface area (Å²) in [6, 6.07) is 0.790. The molecule has 1 aliphatic rings. The van der Waals surface area contributed by atoms with Crippen molar-refractivity contribution < 1.29 is 5.11 Å². The van der Waals surface area contributed by atoms with E-state index in [0.717, 1.165) is 25.6 Å². The van der Waals surface area contributed by atoms with Crippen molar-refractivity contribution in [1.29, 1.82) is 0 Å². The Labute approximate surface area is 74.5 Å². The Balaban J connectivity index is 2.10. The van der Waals surface area contributed by atoms with Gasteiger partial charge in [-0.3, -0.25) is 0 Å². The zero-order chi connectivity index (χ0) is 8.97. The molecule has 1 atom stereocenters. The Bertz CT molecular complexity index is 126. The lowest BCUT2D eigenvalue weighted by Crippen LogP contribution is -2.33. The monoisotopic (exact) mass is 172 g/mol. The Morgan fingerprint density at radius 1 is 1.58 bits per heavy atom. The molecule has 0 spiro atoms. The fraction of sp³-hybridized carbons (Fsp3) is 1.00. The van der Waals surface area contributed by atoms with Gasteiger partial charge in [0.2, 0.25) is 0 Å². The van der Waals surface area contributed by atoms with Gasteiger partial charge in [0.25, 0.3) is 0 Å². The molecule has 1 fully saturated rings. The molecular weight excluding hydrogens is 152 g/mol. The summed E-state index contributed by atoms with van der Waals surface area (Å²) in [6.07, 6.45) is 3.62. The van der Waals surface area contributed by atoms with Gasteiger partial charge in [-0.2, -0.15) is 0 Å². The highest BCUT2D eigenvalue weighted by Gasteiger charge is 2.27. The van der Waals surface area contributed by atoms with Crippen LogP contribution in [-0.4, -0.2) is 41.8 Å². The predicted molar refractivity (Wildman–Crippen MR) is 49.9 cm³/mol. The Hall–Kier alpha value is -0.120. The molecule has 3 heteroatoms. The van der Waals surface area contributed by atoms with Gasteiger partial charge >= 0.3 is 0 Å². The van der Waals surface area contributed by atoms with E-state index in [2.05, 4.69) is 11.8 Å². The van der Waals surface area contributed by atoms with E-state index in [-0.39, 0.29) is 12.6 Å². The molecule has 0 aromatic carbocycles. The average molecular weight is 172 g/mol. The molecule has 0 bridgehead atoms. The van der Waals surface area contributed by atoms with E-state index in [9.17, 15) is 0 Å². The molecule has 3 N–H and O–H groups in total. The van der Waals surface area contributed by atoms with E-state index in [4.69, 9.17) is 10.8 Å². The summed E-state index contributed by atoms with van der Waals surface area (Å²) in [7, 11) is 0. The summed E-state index contributed by atoms with van der Waals surface area (Å²) in [5, 5.41) is 8.73. The summed E-state index contributed by atoms with van der Waals surface area (Å²) in [4.78, 5) is 2.45. The number of hydrogen-bond donors (Lipinski definition) is 2. The number of aliphatic hydroxyl groups excluding tert-OH is 1. The van der Waals surface area contributed by atoms with Crippen molar-refractivity contribution in [1.82, 2.24) is 4.90 Å². The first kappa shape index (κ1) is 9.96. The molecule has 0 heterocycles. The van der Waals surface area contributed by atoms with Crippen LogP contribution in [0.5, 0.6) is 0 Å². The van der Waals surface area contributed by atoms with Crippen LogP contribution < -0.4 is 5.73 Å². The molecule has 1 unspecified atom stereocenters. The van der Waals surface area contributed by atoms with Crippen LogP contribution in [0.1, 0.15) is 26.2 Å². The predicted octanol–water partition coefficient (Wildman–Crippen LogP) is 0.180. The minimum Gasteiger partial charge on any atom is -0.395 e. The topological polar surface area (TPSA) is 49.5 Å². The molecule has 0 radical (unpaired) electrons. The van der Waals surface area contributed by atoms with Gasteiger partial charge in [0.05, 0.1) is 6.61 Å². The summed E-state index contributed by atoms with van der Waals surface area (Å²) in [6.45, 7) is 4.46. The lowest BCUT2D eigenvalue weighted by molar-refractivity contribution is 0.224. The third-order valence-corrected chi connectivity index (χ3v) is 2.49. The second-order valence-electron chi connectivity index (χ2n) is 3.59. The third-order valence-electron chi connectivity index (χ3n) is 2.49. The van der Waals surface area contributed by atoms with E-state index < -0.39 is 0 Å². The lowest BCUT2D eigenvalue weighted by Gasteiger charge is -2.21. The summed E-state index contributed by atoms with van der Waals surface area (Å²) in [5.74, 6) is 0. The highest BCUT2D eigenvalue weighted by molar-refractivity contribution is 4.84. The molecule has 0 aromatic heterocycles. The Kier molecular flexibility index (Phi) is 3.98. The lowest BCUT2D eigenvalue weighted by atomic mass is 10.2. The van der Waals surface area contributed by atoms with Gasteiger partial charge in [0.15, 0.2) is 0 Å². The molecule has 1 rings (SSSR count). The zero-order valence-corrected chi connectivity index (χ0v) is 7.87. The van der Waals surface area contributed by atoms with E-state index in [0.29, 0.717) is 0 Å². The number of hydrogen-bond acceptors (Lipinski definition) is 3. The highest BCUT2D eigenvalue weighted by atomic mass is 16.3. The van der Waals surface area contributed by atoms with E-state index in [1.54, 1.807) is 0 Å². The molecule has 0 amide bonds. The normalized spacial score (nSPS) is 20.0. The standard InChI is InChI=1S/C9H20N2O/c1-2-11(9-3-4-9)6-5-8(10)7-12/h8-9,12H,2-7,10H2,1H3. The fourth-order valence-corrected chi connectivity index (χ4v) is 1.46. The fourth-order valence-electron chi connectivity index (χ4n) is 1.46. The van der Waals surface area contributed by atoms with Crippen LogP contribution in [0, 0.1) is 0 Å². The summed E-state index contributed by atoms with van der Waals surface area (Å²) >= 11 is 0. The van der Waals surface area contributed by atoms with Crippen LogP contribution in [0.15, 0.2) is 0 Å². The zero-order valence-electron chi connectivity index (χ0n) is 7.87. The van der Waals surface area contributed by atoms with Gasteiger partial charge in [0.1, 0.15) is 0 Å². The largest absolute Gasteiger partial charge is 0.395 e. The average Bonchev–Trinajstić information content (AvgIpc) is 2.89. The highest BCUT2D eigenvalue weighted by Crippen LogP contribution is 2.26. The van der Waals surface area contributed by atoms with Crippen LogP contribution >= 0.6 is 0 Å². The SMILES string of the molecule is CCN(CCC(N)CO)C1CC1. The van der Waals surface area contributed by atoms with Gasteiger partial charge < -0.3 is 15.7 Å². The molecule has 0 aromatic rings. The van der Waals surface area contributed by atoms with Crippen molar-refractivity contribution in [3.05, 3.63) is 0 Å². The molecule has 12 heavy (non-hydrogen) atoms. The number of rotatable bonds is 6. The smallest absolute Gasteiger partial charge is 0.0583 e. The maximum absolute atomic E-state index is 8.73. The van der Waals surface area contributed by atoms with Crippen molar-refractivity contribution in [2.24, 2.45) is 5.73 Å². The second-order valence-corrected chi connectivity index (χ2v) is 3.59. The molecule has 1 saturated carbocycles. The quantitative estimate of drug-likeness (QED) is 0.601. The van der Waals surface area contributed by atoms with Crippen LogP contribution in [0.25, 0.3) is 0 Å². The number of nitrogens with two attached hydrogens (primary N) is 1. The van der Waals surface area contributed by atoms with Gasteiger partial charge in [-0.25, -0.2) is 0 Å². The molecule has 0 saturated heterocycles. The van der Waals surface area contributed by atoms with Crippen molar-refractivity contribution in [3.63, 3.8) is 0 Å².